The molecule has 0 saturated carbocycles. The fourth-order valence-electron chi connectivity index (χ4n) is 3.26. The van der Waals surface area contributed by atoms with Crippen LogP contribution in [-0.4, -0.2) is 29.1 Å². The van der Waals surface area contributed by atoms with E-state index in [2.05, 4.69) is 10.0 Å². The molecule has 0 spiro atoms. The highest BCUT2D eigenvalue weighted by Crippen LogP contribution is 2.41. The van der Waals surface area contributed by atoms with Crippen LogP contribution in [0, 0.1) is 0 Å². The Hall–Kier alpha value is -3.38. The lowest BCUT2D eigenvalue weighted by atomic mass is 9.95. The summed E-state index contributed by atoms with van der Waals surface area (Å²) in [5, 5.41) is 23.0. The highest BCUT2D eigenvalue weighted by molar-refractivity contribution is 6.02. The SMILES string of the molecule is [N-]=[N+]=NCCCCCCOc1ccc(C2CC(=O)c3c(O)cc(O)cc3O2)cc1. The van der Waals surface area contributed by atoms with E-state index >= 15 is 0 Å². The molecule has 0 fully saturated rings. The van der Waals surface area contributed by atoms with Gasteiger partial charge in [0.2, 0.25) is 0 Å². The van der Waals surface area contributed by atoms with Crippen molar-refractivity contribution in [2.45, 2.75) is 38.2 Å². The minimum Gasteiger partial charge on any atom is -0.508 e. The van der Waals surface area contributed by atoms with Gasteiger partial charge in [-0.05, 0) is 36.1 Å². The zero-order chi connectivity index (χ0) is 20.6. The molecule has 1 atom stereocenters. The number of carbonyl (C=O) groups is 1. The predicted octanol–water partition coefficient (Wildman–Crippen LogP) is 5.05. The number of carbonyl (C=O) groups excluding carboxylic acids is 1. The Labute approximate surface area is 168 Å². The van der Waals surface area contributed by atoms with Crippen LogP contribution in [0.1, 0.15) is 54.1 Å². The quantitative estimate of drug-likeness (QED) is 0.265. The minimum atomic E-state index is -0.485. The van der Waals surface area contributed by atoms with Crippen molar-refractivity contribution in [1.82, 2.24) is 0 Å². The first-order valence-corrected chi connectivity index (χ1v) is 9.58. The van der Waals surface area contributed by atoms with Gasteiger partial charge in [-0.25, -0.2) is 0 Å². The van der Waals surface area contributed by atoms with Crippen molar-refractivity contribution in [2.24, 2.45) is 5.11 Å². The van der Waals surface area contributed by atoms with Crippen LogP contribution >= 0.6 is 0 Å². The Morgan fingerprint density at radius 3 is 2.66 bits per heavy atom. The highest BCUT2D eigenvalue weighted by Gasteiger charge is 2.30. The molecule has 8 nitrogen and oxygen atoms in total. The van der Waals surface area contributed by atoms with E-state index in [-0.39, 0.29) is 35.0 Å². The number of hydrogen-bond donors (Lipinski definition) is 2. The van der Waals surface area contributed by atoms with Crippen LogP contribution in [0.5, 0.6) is 23.0 Å². The first-order valence-electron chi connectivity index (χ1n) is 9.58. The zero-order valence-electron chi connectivity index (χ0n) is 16.0. The van der Waals surface area contributed by atoms with Crippen LogP contribution in [0.3, 0.4) is 0 Å². The number of phenols is 2. The van der Waals surface area contributed by atoms with E-state index in [9.17, 15) is 15.0 Å². The largest absolute Gasteiger partial charge is 0.508 e. The summed E-state index contributed by atoms with van der Waals surface area (Å²) in [5.41, 5.74) is 9.13. The molecule has 152 valence electrons. The first-order chi connectivity index (χ1) is 14.1. The van der Waals surface area contributed by atoms with Gasteiger partial charge in [-0.3, -0.25) is 4.79 Å². The summed E-state index contributed by atoms with van der Waals surface area (Å²) < 4.78 is 11.6. The molecule has 0 aliphatic carbocycles. The zero-order valence-corrected chi connectivity index (χ0v) is 16.0. The number of fused-ring (bicyclic) bond motifs is 1. The highest BCUT2D eigenvalue weighted by atomic mass is 16.5. The van der Waals surface area contributed by atoms with E-state index in [4.69, 9.17) is 15.0 Å². The molecule has 1 heterocycles. The molecule has 1 aliphatic heterocycles. The maximum Gasteiger partial charge on any atom is 0.174 e. The third kappa shape index (κ3) is 5.33. The second kappa shape index (κ2) is 9.71. The third-order valence-corrected chi connectivity index (χ3v) is 4.72. The number of Topliss-reactive ketones (excluding diaryl/α,β-unsaturated/α-hetero) is 1. The fraction of sp³-hybridized carbons (Fsp3) is 0.381. The summed E-state index contributed by atoms with van der Waals surface area (Å²) in [6.07, 6.45) is 3.44. The Bertz CT molecular complexity index is 907. The van der Waals surface area contributed by atoms with E-state index in [1.807, 2.05) is 24.3 Å². The number of aromatic hydroxyl groups is 2. The van der Waals surface area contributed by atoms with Crippen LogP contribution in [0.25, 0.3) is 10.4 Å². The maximum atomic E-state index is 12.4. The van der Waals surface area contributed by atoms with Gasteiger partial charge >= 0.3 is 0 Å². The molecular formula is C21H23N3O5. The smallest absolute Gasteiger partial charge is 0.174 e. The summed E-state index contributed by atoms with van der Waals surface area (Å²) in [7, 11) is 0. The van der Waals surface area contributed by atoms with Crippen molar-refractivity contribution in [2.75, 3.05) is 13.2 Å². The van der Waals surface area contributed by atoms with E-state index in [1.54, 1.807) is 0 Å². The number of hydrogen-bond acceptors (Lipinski definition) is 6. The molecule has 8 heteroatoms. The number of unbranched alkanes of at least 4 members (excludes halogenated alkanes) is 3. The molecule has 2 aromatic rings. The van der Waals surface area contributed by atoms with Gasteiger partial charge in [-0.2, -0.15) is 0 Å². The van der Waals surface area contributed by atoms with Crippen LogP contribution in [0.2, 0.25) is 0 Å². The summed E-state index contributed by atoms with van der Waals surface area (Å²) in [6, 6.07) is 9.83. The van der Waals surface area contributed by atoms with Gasteiger partial charge in [0.1, 0.15) is 34.7 Å². The lowest BCUT2D eigenvalue weighted by Gasteiger charge is -2.26. The second-order valence-corrected chi connectivity index (χ2v) is 6.86. The van der Waals surface area contributed by atoms with Gasteiger partial charge in [0.15, 0.2) is 5.78 Å². The molecule has 0 radical (unpaired) electrons. The average molecular weight is 397 g/mol. The van der Waals surface area contributed by atoms with Crippen molar-refractivity contribution in [3.63, 3.8) is 0 Å². The summed E-state index contributed by atoms with van der Waals surface area (Å²) >= 11 is 0. The lowest BCUT2D eigenvalue weighted by Crippen LogP contribution is -2.20. The van der Waals surface area contributed by atoms with Gasteiger partial charge in [-0.1, -0.05) is 30.1 Å². The molecule has 2 aromatic carbocycles. The van der Waals surface area contributed by atoms with Gasteiger partial charge in [0, 0.05) is 23.6 Å². The van der Waals surface area contributed by atoms with Crippen LogP contribution in [0.15, 0.2) is 41.5 Å². The van der Waals surface area contributed by atoms with Crippen molar-refractivity contribution in [3.05, 3.63) is 58.0 Å². The number of azide groups is 1. The normalized spacial score (nSPS) is 15.2. The minimum absolute atomic E-state index is 0.110. The number of benzene rings is 2. The topological polar surface area (TPSA) is 125 Å². The van der Waals surface area contributed by atoms with E-state index in [0.717, 1.165) is 43.1 Å². The predicted molar refractivity (Wildman–Crippen MR) is 107 cm³/mol. The van der Waals surface area contributed by atoms with Gasteiger partial charge in [-0.15, -0.1) is 0 Å². The van der Waals surface area contributed by atoms with E-state index < -0.39 is 6.10 Å². The Balaban J connectivity index is 1.51. The number of rotatable bonds is 9. The Kier molecular flexibility index (Phi) is 6.81. The van der Waals surface area contributed by atoms with Crippen LogP contribution in [-0.2, 0) is 0 Å². The molecule has 1 aliphatic rings. The number of ether oxygens (including phenoxy) is 2. The Morgan fingerprint density at radius 1 is 1.14 bits per heavy atom. The standard InChI is InChI=1S/C21H23N3O5/c22-24-23-9-3-1-2-4-10-28-16-7-5-14(6-8-16)19-13-18(27)21-17(26)11-15(25)12-20(21)29-19/h5-8,11-12,19,25-26H,1-4,9-10,13H2. The van der Waals surface area contributed by atoms with E-state index in [0.29, 0.717) is 13.2 Å². The molecule has 3 rings (SSSR count). The molecule has 0 amide bonds. The maximum absolute atomic E-state index is 12.4. The summed E-state index contributed by atoms with van der Waals surface area (Å²) in [4.78, 5) is 15.1. The number of phenolic OH excluding ortho intramolecular Hbond substituents is 2. The molecule has 2 N–H and O–H groups in total. The monoisotopic (exact) mass is 397 g/mol. The lowest BCUT2D eigenvalue weighted by molar-refractivity contribution is 0.0845. The van der Waals surface area contributed by atoms with E-state index in [1.165, 1.54) is 6.07 Å². The molecule has 0 bridgehead atoms. The average Bonchev–Trinajstić information content (AvgIpc) is 2.69. The second-order valence-electron chi connectivity index (χ2n) is 6.86. The third-order valence-electron chi connectivity index (χ3n) is 4.72. The van der Waals surface area contributed by atoms with Crippen molar-refractivity contribution < 1.29 is 24.5 Å². The fourth-order valence-corrected chi connectivity index (χ4v) is 3.26. The molecule has 0 aromatic heterocycles. The molecular weight excluding hydrogens is 374 g/mol. The van der Waals surface area contributed by atoms with Gasteiger partial charge < -0.3 is 19.7 Å². The molecule has 0 saturated heterocycles. The van der Waals surface area contributed by atoms with Gasteiger partial charge in [0.25, 0.3) is 0 Å². The summed E-state index contributed by atoms with van der Waals surface area (Å²) in [5.74, 6) is 0.265. The number of nitrogens with zero attached hydrogens (tertiary/aromatic N) is 3. The number of ketones is 1. The Morgan fingerprint density at radius 2 is 1.90 bits per heavy atom. The summed E-state index contributed by atoms with van der Waals surface area (Å²) in [6.45, 7) is 1.14. The molecule has 1 unspecified atom stereocenters. The van der Waals surface area contributed by atoms with Crippen LogP contribution in [0.4, 0.5) is 0 Å². The molecule has 29 heavy (non-hydrogen) atoms. The van der Waals surface area contributed by atoms with Crippen molar-refractivity contribution >= 4 is 5.78 Å². The first kappa shape index (κ1) is 20.4. The van der Waals surface area contributed by atoms with Crippen molar-refractivity contribution in [1.29, 1.82) is 0 Å². The van der Waals surface area contributed by atoms with Gasteiger partial charge in [0.05, 0.1) is 13.0 Å². The van der Waals surface area contributed by atoms with Crippen molar-refractivity contribution in [3.8, 4) is 23.0 Å². The van der Waals surface area contributed by atoms with Crippen LogP contribution < -0.4 is 9.47 Å².